The molecule has 0 atom stereocenters. The van der Waals surface area contributed by atoms with E-state index in [1.165, 1.54) is 11.4 Å². The third-order valence-corrected chi connectivity index (χ3v) is 6.08. The van der Waals surface area contributed by atoms with Gasteiger partial charge in [-0.25, -0.2) is 18.4 Å². The third-order valence-electron chi connectivity index (χ3n) is 4.21. The van der Waals surface area contributed by atoms with E-state index < -0.39 is 10.0 Å². The molecule has 2 aromatic rings. The minimum Gasteiger partial charge on any atom is -0.495 e. The first-order chi connectivity index (χ1) is 11.5. The van der Waals surface area contributed by atoms with Crippen LogP contribution in [0.2, 0.25) is 0 Å². The van der Waals surface area contributed by atoms with Crippen LogP contribution in [0.15, 0.2) is 29.3 Å². The molecule has 1 aliphatic heterocycles. The van der Waals surface area contributed by atoms with Gasteiger partial charge in [-0.3, -0.25) is 0 Å². The monoisotopic (exact) mass is 347 g/mol. The molecule has 0 unspecified atom stereocenters. The number of ether oxygens (including phenoxy) is 1. The van der Waals surface area contributed by atoms with Crippen molar-refractivity contribution >= 4 is 10.0 Å². The van der Waals surface area contributed by atoms with Crippen LogP contribution in [0.1, 0.15) is 29.6 Å². The maximum absolute atomic E-state index is 13.1. The normalized spacial score (nSPS) is 15.1. The molecule has 1 aliphatic rings. The van der Waals surface area contributed by atoms with E-state index in [1.54, 1.807) is 12.1 Å². The maximum atomic E-state index is 13.1. The Bertz CT molecular complexity index is 865. The molecule has 0 saturated carbocycles. The number of fused-ring (bicyclic) bond motifs is 1. The van der Waals surface area contributed by atoms with Crippen LogP contribution in [0.25, 0.3) is 0 Å². The molecule has 6 nitrogen and oxygen atoms in total. The zero-order chi connectivity index (χ0) is 17.3. The van der Waals surface area contributed by atoms with Gasteiger partial charge in [-0.2, -0.15) is 4.31 Å². The summed E-state index contributed by atoms with van der Waals surface area (Å²) >= 11 is 0. The van der Waals surface area contributed by atoms with E-state index in [1.807, 2.05) is 26.1 Å². The maximum Gasteiger partial charge on any atom is 0.247 e. The first kappa shape index (κ1) is 16.9. The van der Waals surface area contributed by atoms with Crippen molar-refractivity contribution in [3.63, 3.8) is 0 Å². The Morgan fingerprint density at radius 3 is 2.83 bits per heavy atom. The van der Waals surface area contributed by atoms with Gasteiger partial charge in [-0.1, -0.05) is 13.0 Å². The molecule has 1 aromatic heterocycles. The van der Waals surface area contributed by atoms with E-state index in [4.69, 9.17) is 4.74 Å². The van der Waals surface area contributed by atoms with E-state index in [9.17, 15) is 8.42 Å². The smallest absolute Gasteiger partial charge is 0.247 e. The second-order valence-corrected chi connectivity index (χ2v) is 7.76. The van der Waals surface area contributed by atoms with E-state index in [2.05, 4.69) is 9.97 Å². The molecule has 2 heterocycles. The Labute approximate surface area is 142 Å². The number of aryl methyl sites for hydroxylation is 2. The first-order valence-corrected chi connectivity index (χ1v) is 9.38. The summed E-state index contributed by atoms with van der Waals surface area (Å²) in [5.41, 5.74) is 2.69. The van der Waals surface area contributed by atoms with Crippen molar-refractivity contribution in [2.75, 3.05) is 13.7 Å². The van der Waals surface area contributed by atoms with Gasteiger partial charge < -0.3 is 4.74 Å². The lowest BCUT2D eigenvalue weighted by Crippen LogP contribution is -2.37. The molecule has 1 aromatic carbocycles. The van der Waals surface area contributed by atoms with Gasteiger partial charge in [0.15, 0.2) is 0 Å². The number of hydrogen-bond donors (Lipinski definition) is 0. The van der Waals surface area contributed by atoms with Crippen LogP contribution in [0.4, 0.5) is 0 Å². The molecule has 3 rings (SSSR count). The van der Waals surface area contributed by atoms with Crippen molar-refractivity contribution in [2.24, 2.45) is 0 Å². The summed E-state index contributed by atoms with van der Waals surface area (Å²) in [7, 11) is -2.16. The molecule has 0 aliphatic carbocycles. The summed E-state index contributed by atoms with van der Waals surface area (Å²) in [5.74, 6) is 1.10. The second kappa shape index (κ2) is 6.49. The fourth-order valence-corrected chi connectivity index (χ4v) is 4.46. The van der Waals surface area contributed by atoms with Crippen molar-refractivity contribution in [3.8, 4) is 5.75 Å². The Kier molecular flexibility index (Phi) is 4.56. The van der Waals surface area contributed by atoms with E-state index >= 15 is 0 Å². The highest BCUT2D eigenvalue weighted by molar-refractivity contribution is 7.89. The van der Waals surface area contributed by atoms with E-state index in [-0.39, 0.29) is 11.4 Å². The molecule has 0 fully saturated rings. The number of rotatable bonds is 4. The molecule has 0 spiro atoms. The third kappa shape index (κ3) is 3.01. The van der Waals surface area contributed by atoms with Crippen molar-refractivity contribution in [2.45, 2.75) is 38.1 Å². The molecule has 0 saturated heterocycles. The summed E-state index contributed by atoms with van der Waals surface area (Å²) in [6, 6.07) is 5.18. The van der Waals surface area contributed by atoms with Gasteiger partial charge in [0, 0.05) is 19.2 Å². The average molecular weight is 347 g/mol. The number of methoxy groups -OCH3 is 1. The molecule has 24 heavy (non-hydrogen) atoms. The minimum absolute atomic E-state index is 0.207. The fourth-order valence-electron chi connectivity index (χ4n) is 2.82. The quantitative estimate of drug-likeness (QED) is 0.847. The SMILES string of the molecule is CCc1ncc2c(n1)CN(S(=O)(=O)c1cc(C)ccc1OC)CC2. The van der Waals surface area contributed by atoms with Crippen LogP contribution in [-0.4, -0.2) is 36.3 Å². The first-order valence-electron chi connectivity index (χ1n) is 7.94. The highest BCUT2D eigenvalue weighted by atomic mass is 32.2. The highest BCUT2D eigenvalue weighted by Gasteiger charge is 2.31. The molecule has 7 heteroatoms. The van der Waals surface area contributed by atoms with Gasteiger partial charge in [0.2, 0.25) is 10.0 Å². The van der Waals surface area contributed by atoms with Crippen LogP contribution in [0.5, 0.6) is 5.75 Å². The summed E-state index contributed by atoms with van der Waals surface area (Å²) in [5, 5.41) is 0. The van der Waals surface area contributed by atoms with Crippen molar-refractivity contribution in [3.05, 3.63) is 47.0 Å². The molecular formula is C17H21N3O3S. The molecule has 0 bridgehead atoms. The van der Waals surface area contributed by atoms with E-state index in [0.29, 0.717) is 18.7 Å². The van der Waals surface area contributed by atoms with Crippen molar-refractivity contribution < 1.29 is 13.2 Å². The second-order valence-electron chi connectivity index (χ2n) is 5.85. The van der Waals surface area contributed by atoms with Crippen molar-refractivity contribution in [1.29, 1.82) is 0 Å². The van der Waals surface area contributed by atoms with Crippen molar-refractivity contribution in [1.82, 2.24) is 14.3 Å². The van der Waals surface area contributed by atoms with Gasteiger partial charge >= 0.3 is 0 Å². The number of nitrogens with zero attached hydrogens (tertiary/aromatic N) is 3. The lowest BCUT2D eigenvalue weighted by Gasteiger charge is -2.28. The van der Waals surface area contributed by atoms with Crippen LogP contribution < -0.4 is 4.74 Å². The van der Waals surface area contributed by atoms with Gasteiger partial charge in [-0.05, 0) is 36.6 Å². The lowest BCUT2D eigenvalue weighted by molar-refractivity contribution is 0.373. The number of aromatic nitrogens is 2. The molecule has 128 valence electrons. The van der Waals surface area contributed by atoms with E-state index in [0.717, 1.165) is 29.1 Å². The Morgan fingerprint density at radius 1 is 1.33 bits per heavy atom. The van der Waals surface area contributed by atoms with Crippen LogP contribution in [0, 0.1) is 6.92 Å². The Morgan fingerprint density at radius 2 is 2.12 bits per heavy atom. The summed E-state index contributed by atoms with van der Waals surface area (Å²) in [6.07, 6.45) is 3.16. The zero-order valence-corrected chi connectivity index (χ0v) is 14.9. The number of benzene rings is 1. The molecule has 0 N–H and O–H groups in total. The molecule has 0 radical (unpaired) electrons. The van der Waals surface area contributed by atoms with Gasteiger partial charge in [-0.15, -0.1) is 0 Å². The zero-order valence-electron chi connectivity index (χ0n) is 14.1. The molecular weight excluding hydrogens is 326 g/mol. The Hall–Kier alpha value is -1.99. The highest BCUT2D eigenvalue weighted by Crippen LogP contribution is 2.30. The minimum atomic E-state index is -3.64. The predicted molar refractivity (Wildman–Crippen MR) is 90.4 cm³/mol. The number of hydrogen-bond acceptors (Lipinski definition) is 5. The lowest BCUT2D eigenvalue weighted by atomic mass is 10.1. The van der Waals surface area contributed by atoms with Crippen LogP contribution >= 0.6 is 0 Å². The molecule has 0 amide bonds. The number of sulfonamides is 1. The van der Waals surface area contributed by atoms with Gasteiger partial charge in [0.1, 0.15) is 16.5 Å². The summed E-state index contributed by atoms with van der Waals surface area (Å²) in [4.78, 5) is 9.00. The summed E-state index contributed by atoms with van der Waals surface area (Å²) < 4.78 is 32.9. The average Bonchev–Trinajstić information content (AvgIpc) is 2.60. The topological polar surface area (TPSA) is 72.4 Å². The Balaban J connectivity index is 1.98. The fraction of sp³-hybridized carbons (Fsp3) is 0.412. The largest absolute Gasteiger partial charge is 0.495 e. The standard InChI is InChI=1S/C17H21N3O3S/c1-4-17-18-10-13-7-8-20(11-14(13)19-17)24(21,22)16-9-12(2)5-6-15(16)23-3/h5-6,9-10H,4,7-8,11H2,1-3H3. The van der Waals surface area contributed by atoms with Crippen LogP contribution in [-0.2, 0) is 29.4 Å². The van der Waals surface area contributed by atoms with Crippen LogP contribution in [0.3, 0.4) is 0 Å². The van der Waals surface area contributed by atoms with Gasteiger partial charge in [0.25, 0.3) is 0 Å². The predicted octanol–water partition coefficient (Wildman–Crippen LogP) is 2.10. The summed E-state index contributed by atoms with van der Waals surface area (Å²) in [6.45, 7) is 4.53. The van der Waals surface area contributed by atoms with Gasteiger partial charge in [0.05, 0.1) is 19.3 Å².